The summed E-state index contributed by atoms with van der Waals surface area (Å²) in [6.45, 7) is 3.78. The molecule has 0 aromatic heterocycles. The van der Waals surface area contributed by atoms with Crippen molar-refractivity contribution in [2.75, 3.05) is 11.3 Å². The van der Waals surface area contributed by atoms with Crippen LogP contribution in [0, 0.1) is 13.8 Å². The summed E-state index contributed by atoms with van der Waals surface area (Å²) in [5, 5.41) is 0.328. The van der Waals surface area contributed by atoms with Gasteiger partial charge in [0, 0.05) is 18.0 Å². The van der Waals surface area contributed by atoms with E-state index >= 15 is 0 Å². The summed E-state index contributed by atoms with van der Waals surface area (Å²) >= 11 is 12.3. The molecule has 1 heterocycles. The Labute approximate surface area is 180 Å². The maximum Gasteiger partial charge on any atom is 0.263 e. The first-order chi connectivity index (χ1) is 13.5. The van der Waals surface area contributed by atoms with Crippen LogP contribution in [0.5, 0.6) is 0 Å². The Hall–Kier alpha value is -1.81. The molecular formula is C18H19Cl2N3O4S2. The lowest BCUT2D eigenvalue weighted by atomic mass is 10.2. The highest BCUT2D eigenvalue weighted by atomic mass is 35.5. The standard InChI is InChI=1S/C18H19Cl2N3O4S2/c1-11-9-15(19)12(2)18(17(11)20)29(26,27)22-13-5-3-6-14(10-13)28(24,25)23-16-7-4-8-21-16/h3,5-6,9-10,22H,4,7-8H2,1-2H3,(H,21,23). The number of benzene rings is 2. The van der Waals surface area contributed by atoms with Crippen LogP contribution in [-0.2, 0) is 20.0 Å². The average molecular weight is 476 g/mol. The molecule has 0 spiro atoms. The van der Waals surface area contributed by atoms with Crippen molar-refractivity contribution < 1.29 is 16.8 Å². The number of aliphatic imine (C=N–C) groups is 1. The smallest absolute Gasteiger partial charge is 0.263 e. The number of rotatable bonds is 5. The van der Waals surface area contributed by atoms with E-state index in [1.807, 2.05) is 0 Å². The first kappa shape index (κ1) is 21.9. The minimum atomic E-state index is -4.11. The van der Waals surface area contributed by atoms with Gasteiger partial charge >= 0.3 is 0 Å². The van der Waals surface area contributed by atoms with Gasteiger partial charge in [-0.15, -0.1) is 0 Å². The molecule has 156 valence electrons. The maximum atomic E-state index is 12.9. The summed E-state index contributed by atoms with van der Waals surface area (Å²) in [7, 11) is -7.99. The number of nitrogens with one attached hydrogen (secondary N) is 2. The third-order valence-corrected chi connectivity index (χ3v) is 8.30. The van der Waals surface area contributed by atoms with Crippen LogP contribution in [0.25, 0.3) is 0 Å². The van der Waals surface area contributed by atoms with Gasteiger partial charge in [-0.25, -0.2) is 16.8 Å². The fourth-order valence-corrected chi connectivity index (χ4v) is 6.30. The van der Waals surface area contributed by atoms with Gasteiger partial charge in [-0.1, -0.05) is 29.3 Å². The zero-order valence-corrected chi connectivity index (χ0v) is 18.8. The van der Waals surface area contributed by atoms with E-state index in [-0.39, 0.29) is 25.5 Å². The van der Waals surface area contributed by atoms with E-state index in [2.05, 4.69) is 14.4 Å². The quantitative estimate of drug-likeness (QED) is 0.683. The van der Waals surface area contributed by atoms with Gasteiger partial charge in [-0.05, 0) is 55.7 Å². The highest BCUT2D eigenvalue weighted by Gasteiger charge is 2.25. The third-order valence-electron chi connectivity index (χ3n) is 4.38. The Bertz CT molecular complexity index is 1180. The molecule has 0 atom stereocenters. The Morgan fingerprint density at radius 3 is 2.38 bits per heavy atom. The number of amidine groups is 1. The van der Waals surface area contributed by atoms with Crippen LogP contribution < -0.4 is 9.44 Å². The highest BCUT2D eigenvalue weighted by molar-refractivity contribution is 7.93. The Balaban J connectivity index is 1.95. The molecule has 0 saturated carbocycles. The molecule has 0 amide bonds. The Morgan fingerprint density at radius 2 is 1.72 bits per heavy atom. The summed E-state index contributed by atoms with van der Waals surface area (Å²) in [6, 6.07) is 7.08. The molecule has 0 aliphatic carbocycles. The second-order valence-electron chi connectivity index (χ2n) is 6.61. The Morgan fingerprint density at radius 1 is 1.00 bits per heavy atom. The molecule has 2 aromatic carbocycles. The minimum absolute atomic E-state index is 0.0593. The second kappa shape index (κ2) is 8.14. The molecular weight excluding hydrogens is 457 g/mol. The van der Waals surface area contributed by atoms with E-state index in [1.54, 1.807) is 19.9 Å². The van der Waals surface area contributed by atoms with Crippen molar-refractivity contribution in [1.29, 1.82) is 0 Å². The summed E-state index contributed by atoms with van der Waals surface area (Å²) < 4.78 is 55.8. The molecule has 7 nitrogen and oxygen atoms in total. The summed E-state index contributed by atoms with van der Waals surface area (Å²) in [4.78, 5) is 3.86. The second-order valence-corrected chi connectivity index (χ2v) is 10.7. The summed E-state index contributed by atoms with van der Waals surface area (Å²) in [5.41, 5.74) is 0.897. The summed E-state index contributed by atoms with van der Waals surface area (Å²) in [5.74, 6) is 0.396. The molecule has 0 bridgehead atoms. The molecule has 29 heavy (non-hydrogen) atoms. The lowest BCUT2D eigenvalue weighted by Crippen LogP contribution is -2.29. The monoisotopic (exact) mass is 475 g/mol. The molecule has 0 fully saturated rings. The number of nitrogens with zero attached hydrogens (tertiary/aromatic N) is 1. The van der Waals surface area contributed by atoms with Crippen LogP contribution in [0.1, 0.15) is 24.0 Å². The molecule has 0 radical (unpaired) electrons. The van der Waals surface area contributed by atoms with Gasteiger partial charge in [0.1, 0.15) is 10.7 Å². The van der Waals surface area contributed by atoms with Crippen molar-refractivity contribution in [3.63, 3.8) is 0 Å². The topological polar surface area (TPSA) is 105 Å². The largest absolute Gasteiger partial charge is 0.280 e. The van der Waals surface area contributed by atoms with Crippen LogP contribution in [0.15, 0.2) is 45.1 Å². The van der Waals surface area contributed by atoms with Gasteiger partial charge in [0.05, 0.1) is 15.6 Å². The van der Waals surface area contributed by atoms with Gasteiger partial charge < -0.3 is 0 Å². The number of hydrogen-bond donors (Lipinski definition) is 2. The number of hydrogen-bond acceptors (Lipinski definition) is 5. The van der Waals surface area contributed by atoms with E-state index < -0.39 is 20.0 Å². The van der Waals surface area contributed by atoms with Crippen molar-refractivity contribution in [2.24, 2.45) is 4.99 Å². The van der Waals surface area contributed by atoms with Crippen LogP contribution in [0.4, 0.5) is 5.69 Å². The van der Waals surface area contributed by atoms with Crippen molar-refractivity contribution in [3.05, 3.63) is 51.5 Å². The first-order valence-electron chi connectivity index (χ1n) is 8.65. The van der Waals surface area contributed by atoms with Crippen molar-refractivity contribution in [1.82, 2.24) is 4.72 Å². The molecule has 0 unspecified atom stereocenters. The number of halogens is 2. The van der Waals surface area contributed by atoms with Gasteiger partial charge in [0.15, 0.2) is 0 Å². The molecule has 2 N–H and O–H groups in total. The SMILES string of the molecule is Cc1cc(Cl)c(C)c(S(=O)(=O)Nc2cccc(S(=O)(=O)NC3=NCCC3)c2)c1Cl. The molecule has 1 aliphatic rings. The molecule has 2 aromatic rings. The van der Waals surface area contributed by atoms with Crippen molar-refractivity contribution in [2.45, 2.75) is 36.5 Å². The molecule has 1 aliphatic heterocycles. The average Bonchev–Trinajstić information content (AvgIpc) is 3.12. The van der Waals surface area contributed by atoms with Crippen LogP contribution in [0.2, 0.25) is 10.0 Å². The predicted octanol–water partition coefficient (Wildman–Crippen LogP) is 3.88. The summed E-state index contributed by atoms with van der Waals surface area (Å²) in [6.07, 6.45) is 1.34. The maximum absolute atomic E-state index is 12.9. The van der Waals surface area contributed by atoms with E-state index in [9.17, 15) is 16.8 Å². The van der Waals surface area contributed by atoms with Crippen LogP contribution in [0.3, 0.4) is 0 Å². The van der Waals surface area contributed by atoms with E-state index in [0.29, 0.717) is 29.9 Å². The predicted molar refractivity (Wildman–Crippen MR) is 115 cm³/mol. The van der Waals surface area contributed by atoms with Gasteiger partial charge in [0.2, 0.25) is 0 Å². The van der Waals surface area contributed by atoms with Gasteiger partial charge in [-0.2, -0.15) is 0 Å². The number of sulfonamides is 2. The van der Waals surface area contributed by atoms with Gasteiger partial charge in [-0.3, -0.25) is 14.4 Å². The minimum Gasteiger partial charge on any atom is -0.280 e. The fraction of sp³-hybridized carbons (Fsp3) is 0.278. The van der Waals surface area contributed by atoms with Gasteiger partial charge in [0.25, 0.3) is 20.0 Å². The molecule has 3 rings (SSSR count). The lowest BCUT2D eigenvalue weighted by Gasteiger charge is -2.15. The van der Waals surface area contributed by atoms with Crippen molar-refractivity contribution in [3.8, 4) is 0 Å². The highest BCUT2D eigenvalue weighted by Crippen LogP contribution is 2.34. The lowest BCUT2D eigenvalue weighted by molar-refractivity contribution is 0.591. The van der Waals surface area contributed by atoms with E-state index in [0.717, 1.165) is 6.42 Å². The van der Waals surface area contributed by atoms with E-state index in [4.69, 9.17) is 23.2 Å². The number of aryl methyl sites for hydroxylation is 1. The normalized spacial score (nSPS) is 14.6. The molecule has 11 heteroatoms. The van der Waals surface area contributed by atoms with Crippen LogP contribution >= 0.6 is 23.2 Å². The van der Waals surface area contributed by atoms with Crippen LogP contribution in [-0.4, -0.2) is 29.2 Å². The third kappa shape index (κ3) is 4.69. The molecule has 0 saturated heterocycles. The van der Waals surface area contributed by atoms with Crippen molar-refractivity contribution >= 4 is 54.8 Å². The first-order valence-corrected chi connectivity index (χ1v) is 12.4. The fourth-order valence-electron chi connectivity index (χ4n) is 2.90. The Kier molecular flexibility index (Phi) is 6.14. The van der Waals surface area contributed by atoms with E-state index in [1.165, 1.54) is 24.3 Å². The zero-order chi connectivity index (χ0) is 21.4. The number of anilines is 1. The zero-order valence-electron chi connectivity index (χ0n) is 15.7.